The van der Waals surface area contributed by atoms with E-state index >= 15 is 0 Å². The lowest BCUT2D eigenvalue weighted by Crippen LogP contribution is -2.32. The van der Waals surface area contributed by atoms with E-state index in [2.05, 4.69) is 20.6 Å². The molecule has 5 rings (SSSR count). The number of nitrogens with one attached hydrogen (secondary N) is 2. The third kappa shape index (κ3) is 5.54. The molecule has 0 saturated carbocycles. The number of benzene rings is 1. The number of fused-ring (bicyclic) bond motifs is 1. The van der Waals surface area contributed by atoms with Crippen molar-refractivity contribution in [2.75, 3.05) is 39.1 Å². The van der Waals surface area contributed by atoms with Gasteiger partial charge in [-0.25, -0.2) is 14.4 Å². The van der Waals surface area contributed by atoms with Gasteiger partial charge in [-0.2, -0.15) is 0 Å². The molecule has 8 nitrogen and oxygen atoms in total. The van der Waals surface area contributed by atoms with Crippen molar-refractivity contribution in [1.29, 1.82) is 0 Å². The first-order valence-electron chi connectivity index (χ1n) is 12.9. The van der Waals surface area contributed by atoms with Gasteiger partial charge in [-0.05, 0) is 74.5 Å². The topological polar surface area (TPSA) is 83.8 Å². The van der Waals surface area contributed by atoms with Crippen molar-refractivity contribution in [1.82, 2.24) is 24.6 Å². The minimum absolute atomic E-state index is 0.0905. The fourth-order valence-electron chi connectivity index (χ4n) is 5.08. The monoisotopic (exact) mass is 538 g/mol. The highest BCUT2D eigenvalue weighted by Crippen LogP contribution is 2.33. The van der Waals surface area contributed by atoms with Crippen LogP contribution in [0.5, 0.6) is 0 Å². The highest BCUT2D eigenvalue weighted by atomic mass is 35.5. The van der Waals surface area contributed by atoms with Crippen LogP contribution in [0.3, 0.4) is 0 Å². The number of anilines is 2. The average molecular weight is 539 g/mol. The summed E-state index contributed by atoms with van der Waals surface area (Å²) < 4.78 is 21.3. The maximum atomic E-state index is 14.3. The highest BCUT2D eigenvalue weighted by Gasteiger charge is 2.21. The molecular weight excluding hydrogens is 507 g/mol. The van der Waals surface area contributed by atoms with Crippen molar-refractivity contribution in [2.24, 2.45) is 5.92 Å². The number of allylic oxidation sites excluding steroid dienone is 4. The van der Waals surface area contributed by atoms with E-state index in [-0.39, 0.29) is 11.7 Å². The summed E-state index contributed by atoms with van der Waals surface area (Å²) in [6, 6.07) is 5.27. The number of aromatic nitrogens is 3. The number of halogens is 2. The average Bonchev–Trinajstić information content (AvgIpc) is 3.37. The molecule has 1 aromatic carbocycles. The van der Waals surface area contributed by atoms with Gasteiger partial charge in [0.25, 0.3) is 5.91 Å². The van der Waals surface area contributed by atoms with E-state index in [1.54, 1.807) is 35.6 Å². The quantitative estimate of drug-likeness (QED) is 0.389. The van der Waals surface area contributed by atoms with Gasteiger partial charge in [0.05, 0.1) is 29.6 Å². The maximum absolute atomic E-state index is 14.3. The predicted molar refractivity (Wildman–Crippen MR) is 147 cm³/mol. The van der Waals surface area contributed by atoms with Crippen LogP contribution in [0.1, 0.15) is 48.2 Å². The third-order valence-electron chi connectivity index (χ3n) is 7.33. The van der Waals surface area contributed by atoms with Gasteiger partial charge in [0.1, 0.15) is 5.76 Å². The fourth-order valence-corrected chi connectivity index (χ4v) is 5.34. The number of piperidine rings is 1. The second-order valence-electron chi connectivity index (χ2n) is 9.79. The summed E-state index contributed by atoms with van der Waals surface area (Å²) >= 11 is 6.55. The molecule has 38 heavy (non-hydrogen) atoms. The summed E-state index contributed by atoms with van der Waals surface area (Å²) in [7, 11) is 3.31. The first kappa shape index (κ1) is 26.2. The molecule has 0 atom stereocenters. The SMILES string of the molecule is COC1=C(F)C=C(c2cnc3c(Nc4ccc(C(=O)N(C)CCC5CCNCC5)c(Cl)c4)nccn23)CC1. The van der Waals surface area contributed by atoms with Gasteiger partial charge in [0, 0.05) is 38.1 Å². The zero-order chi connectivity index (χ0) is 26.6. The summed E-state index contributed by atoms with van der Waals surface area (Å²) in [5.74, 6) is 1.08. The molecule has 0 unspecified atom stereocenters. The van der Waals surface area contributed by atoms with E-state index < -0.39 is 0 Å². The van der Waals surface area contributed by atoms with E-state index in [0.717, 1.165) is 43.6 Å². The van der Waals surface area contributed by atoms with Gasteiger partial charge >= 0.3 is 0 Å². The Bertz CT molecular complexity index is 1400. The van der Waals surface area contributed by atoms with Crippen LogP contribution in [-0.2, 0) is 4.74 Å². The number of rotatable bonds is 8. The minimum atomic E-state index is -0.364. The van der Waals surface area contributed by atoms with E-state index in [1.807, 2.05) is 17.5 Å². The Balaban J connectivity index is 1.30. The zero-order valence-corrected chi connectivity index (χ0v) is 22.4. The number of amides is 1. The smallest absolute Gasteiger partial charge is 0.255 e. The Morgan fingerprint density at radius 2 is 2.11 bits per heavy atom. The molecule has 1 saturated heterocycles. The number of carbonyl (C=O) groups is 1. The maximum Gasteiger partial charge on any atom is 0.255 e. The summed E-state index contributed by atoms with van der Waals surface area (Å²) in [4.78, 5) is 23.8. The molecule has 3 aromatic rings. The second-order valence-corrected chi connectivity index (χ2v) is 10.2. The van der Waals surface area contributed by atoms with Crippen LogP contribution >= 0.6 is 11.6 Å². The normalized spacial score (nSPS) is 16.5. The molecule has 2 aliphatic rings. The summed E-state index contributed by atoms with van der Waals surface area (Å²) in [6.45, 7) is 2.80. The number of hydrogen-bond donors (Lipinski definition) is 2. The molecule has 3 heterocycles. The van der Waals surface area contributed by atoms with Gasteiger partial charge in [-0.1, -0.05) is 11.6 Å². The van der Waals surface area contributed by atoms with E-state index in [0.29, 0.717) is 58.8 Å². The molecule has 1 aliphatic carbocycles. The number of methoxy groups -OCH3 is 1. The largest absolute Gasteiger partial charge is 0.498 e. The number of ether oxygens (including phenoxy) is 1. The van der Waals surface area contributed by atoms with Crippen LogP contribution in [0, 0.1) is 5.92 Å². The number of imidazole rings is 1. The van der Waals surface area contributed by atoms with Crippen molar-refractivity contribution in [2.45, 2.75) is 32.1 Å². The van der Waals surface area contributed by atoms with E-state index in [4.69, 9.17) is 16.3 Å². The molecule has 10 heteroatoms. The van der Waals surface area contributed by atoms with Crippen molar-refractivity contribution >= 4 is 40.2 Å². The van der Waals surface area contributed by atoms with Crippen LogP contribution in [-0.4, -0.2) is 59.0 Å². The molecule has 1 amide bonds. The standard InChI is InChI=1S/C28H32ClFN6O2/c1-35(13-9-18-7-10-31-11-8-18)28(37)21-5-4-20(16-22(21)29)34-26-27-33-17-24(36(27)14-12-32-26)19-3-6-25(38-2)23(30)15-19/h4-5,12,14-18,31H,3,6-11,13H2,1-2H3,(H,32,34). The van der Waals surface area contributed by atoms with Crippen LogP contribution in [0.4, 0.5) is 15.9 Å². The van der Waals surface area contributed by atoms with Gasteiger partial charge in [-0.3, -0.25) is 9.20 Å². The molecule has 200 valence electrons. The molecule has 2 aromatic heterocycles. The van der Waals surface area contributed by atoms with E-state index in [9.17, 15) is 9.18 Å². The Labute approximate surface area is 226 Å². The van der Waals surface area contributed by atoms with Crippen molar-refractivity contribution in [3.05, 3.63) is 70.7 Å². The Morgan fingerprint density at radius 1 is 1.29 bits per heavy atom. The number of hydrogen-bond acceptors (Lipinski definition) is 6. The summed E-state index contributed by atoms with van der Waals surface area (Å²) in [6.07, 6.45) is 11.1. The first-order valence-corrected chi connectivity index (χ1v) is 13.3. The number of nitrogens with zero attached hydrogens (tertiary/aromatic N) is 4. The summed E-state index contributed by atoms with van der Waals surface area (Å²) in [5, 5.41) is 7.01. The van der Waals surface area contributed by atoms with Gasteiger partial charge in [-0.15, -0.1) is 0 Å². The third-order valence-corrected chi connectivity index (χ3v) is 7.65. The van der Waals surface area contributed by atoms with Crippen LogP contribution in [0.2, 0.25) is 5.02 Å². The predicted octanol–water partition coefficient (Wildman–Crippen LogP) is 5.59. The minimum Gasteiger partial charge on any atom is -0.498 e. The lowest BCUT2D eigenvalue weighted by molar-refractivity contribution is 0.0784. The molecule has 1 fully saturated rings. The second kappa shape index (κ2) is 11.5. The van der Waals surface area contributed by atoms with Crippen LogP contribution in [0.15, 0.2) is 54.5 Å². The lowest BCUT2D eigenvalue weighted by Gasteiger charge is -2.25. The van der Waals surface area contributed by atoms with Gasteiger partial charge in [0.2, 0.25) is 0 Å². The van der Waals surface area contributed by atoms with Gasteiger partial charge < -0.3 is 20.3 Å². The Hall–Kier alpha value is -3.43. The van der Waals surface area contributed by atoms with Crippen molar-refractivity contribution < 1.29 is 13.9 Å². The van der Waals surface area contributed by atoms with Crippen molar-refractivity contribution in [3.8, 4) is 0 Å². The molecule has 2 N–H and O–H groups in total. The van der Waals surface area contributed by atoms with Crippen LogP contribution < -0.4 is 10.6 Å². The van der Waals surface area contributed by atoms with Gasteiger partial charge in [0.15, 0.2) is 17.3 Å². The number of carbonyl (C=O) groups excluding carboxylic acids is 1. The Kier molecular flexibility index (Phi) is 7.95. The molecular formula is C28H32ClFN6O2. The fraction of sp³-hybridized carbons (Fsp3) is 0.393. The van der Waals surface area contributed by atoms with Crippen LogP contribution in [0.25, 0.3) is 11.2 Å². The Morgan fingerprint density at radius 3 is 2.84 bits per heavy atom. The zero-order valence-electron chi connectivity index (χ0n) is 21.6. The summed E-state index contributed by atoms with van der Waals surface area (Å²) in [5.41, 5.74) is 3.38. The van der Waals surface area contributed by atoms with E-state index in [1.165, 1.54) is 13.2 Å². The first-order chi connectivity index (χ1) is 18.4. The lowest BCUT2D eigenvalue weighted by atomic mass is 9.94. The molecule has 1 aliphatic heterocycles. The molecule has 0 spiro atoms. The van der Waals surface area contributed by atoms with Crippen molar-refractivity contribution in [3.63, 3.8) is 0 Å². The molecule has 0 radical (unpaired) electrons. The molecule has 0 bridgehead atoms. The highest BCUT2D eigenvalue weighted by molar-refractivity contribution is 6.34.